The molecule has 0 saturated carbocycles. The van der Waals surface area contributed by atoms with Crippen LogP contribution in [0.5, 0.6) is 0 Å². The van der Waals surface area contributed by atoms with Gasteiger partial charge in [-0.25, -0.2) is 8.42 Å². The summed E-state index contributed by atoms with van der Waals surface area (Å²) >= 11 is 0. The van der Waals surface area contributed by atoms with Gasteiger partial charge in [-0.15, -0.1) is 24.0 Å². The van der Waals surface area contributed by atoms with Gasteiger partial charge in [0.1, 0.15) is 0 Å². The third kappa shape index (κ3) is 7.83. The molecule has 2 aliphatic rings. The SMILES string of the molecule is C=C(C)CN1CCC(NC(=NC)NCC2CCN(S(=O)(=O)C(F)(F)F)CC2)CC1.I. The fourth-order valence-corrected chi connectivity index (χ4v) is 4.73. The number of aliphatic imine (C=N–C) groups is 1. The summed E-state index contributed by atoms with van der Waals surface area (Å²) in [6.45, 7) is 9.21. The summed E-state index contributed by atoms with van der Waals surface area (Å²) in [5.74, 6) is 0.777. The van der Waals surface area contributed by atoms with Crippen LogP contribution >= 0.6 is 24.0 Å². The van der Waals surface area contributed by atoms with Gasteiger partial charge >= 0.3 is 15.5 Å². The highest BCUT2D eigenvalue weighted by molar-refractivity contribution is 14.0. The lowest BCUT2D eigenvalue weighted by Gasteiger charge is -2.34. The number of alkyl halides is 3. The molecule has 2 fully saturated rings. The molecule has 0 aromatic rings. The highest BCUT2D eigenvalue weighted by Gasteiger charge is 2.50. The Morgan fingerprint density at radius 1 is 1.13 bits per heavy atom. The van der Waals surface area contributed by atoms with Gasteiger partial charge in [-0.1, -0.05) is 12.2 Å². The van der Waals surface area contributed by atoms with E-state index in [-0.39, 0.29) is 43.0 Å². The molecule has 2 rings (SSSR count). The molecule has 0 spiro atoms. The van der Waals surface area contributed by atoms with Crippen molar-refractivity contribution in [1.29, 1.82) is 0 Å². The summed E-state index contributed by atoms with van der Waals surface area (Å²) in [7, 11) is -3.54. The van der Waals surface area contributed by atoms with Crippen molar-refractivity contribution < 1.29 is 21.6 Å². The Morgan fingerprint density at radius 3 is 2.17 bits per heavy atom. The third-order valence-corrected chi connectivity index (χ3v) is 7.04. The summed E-state index contributed by atoms with van der Waals surface area (Å²) in [6, 6.07) is 0.321. The number of halogens is 4. The van der Waals surface area contributed by atoms with E-state index < -0.39 is 15.5 Å². The molecule has 12 heteroatoms. The van der Waals surface area contributed by atoms with E-state index in [9.17, 15) is 21.6 Å². The summed E-state index contributed by atoms with van der Waals surface area (Å²) < 4.78 is 61.4. The van der Waals surface area contributed by atoms with E-state index in [4.69, 9.17) is 0 Å². The average Bonchev–Trinajstić information content (AvgIpc) is 2.65. The normalized spacial score (nSPS) is 21.2. The molecule has 7 nitrogen and oxygen atoms in total. The number of hydrogen-bond acceptors (Lipinski definition) is 4. The lowest BCUT2D eigenvalue weighted by molar-refractivity contribution is -0.0496. The lowest BCUT2D eigenvalue weighted by Crippen LogP contribution is -2.50. The number of guanidine groups is 1. The van der Waals surface area contributed by atoms with E-state index in [1.807, 2.05) is 6.92 Å². The first-order valence-electron chi connectivity index (χ1n) is 9.93. The zero-order valence-electron chi connectivity index (χ0n) is 17.5. The average molecular weight is 567 g/mol. The Morgan fingerprint density at radius 2 is 1.70 bits per heavy atom. The quantitative estimate of drug-likeness (QED) is 0.223. The van der Waals surface area contributed by atoms with E-state index in [1.54, 1.807) is 7.05 Å². The summed E-state index contributed by atoms with van der Waals surface area (Å²) in [5, 5.41) is 6.64. The van der Waals surface area contributed by atoms with Crippen LogP contribution in [0.4, 0.5) is 13.2 Å². The first-order valence-corrected chi connectivity index (χ1v) is 11.4. The van der Waals surface area contributed by atoms with E-state index in [0.29, 0.717) is 35.7 Å². The Kier molecular flexibility index (Phi) is 10.8. The van der Waals surface area contributed by atoms with Gasteiger partial charge in [-0.05, 0) is 38.5 Å². The molecule has 0 aromatic carbocycles. The fraction of sp³-hybridized carbons (Fsp3) is 0.833. The summed E-state index contributed by atoms with van der Waals surface area (Å²) in [5.41, 5.74) is -4.08. The molecule has 0 amide bonds. The molecule has 2 N–H and O–H groups in total. The highest BCUT2D eigenvalue weighted by Crippen LogP contribution is 2.30. The van der Waals surface area contributed by atoms with Gasteiger partial charge in [0.25, 0.3) is 0 Å². The van der Waals surface area contributed by atoms with Crippen molar-refractivity contribution in [3.63, 3.8) is 0 Å². The van der Waals surface area contributed by atoms with Crippen LogP contribution in [-0.4, -0.2) is 81.4 Å². The van der Waals surface area contributed by atoms with Gasteiger partial charge in [0.15, 0.2) is 5.96 Å². The van der Waals surface area contributed by atoms with Crippen LogP contribution in [0.3, 0.4) is 0 Å². The highest BCUT2D eigenvalue weighted by atomic mass is 127. The predicted octanol–water partition coefficient (Wildman–Crippen LogP) is 2.37. The molecule has 0 unspecified atom stereocenters. The Hall–Kier alpha value is -0.600. The Bertz CT molecular complexity index is 686. The zero-order valence-corrected chi connectivity index (χ0v) is 20.7. The maximum atomic E-state index is 12.7. The van der Waals surface area contributed by atoms with Crippen molar-refractivity contribution >= 4 is 40.0 Å². The monoisotopic (exact) mass is 567 g/mol. The van der Waals surface area contributed by atoms with Crippen LogP contribution in [0.1, 0.15) is 32.6 Å². The van der Waals surface area contributed by atoms with Crippen LogP contribution in [0.15, 0.2) is 17.1 Å². The maximum Gasteiger partial charge on any atom is 0.511 e. The van der Waals surface area contributed by atoms with Crippen molar-refractivity contribution in [2.45, 2.75) is 44.2 Å². The molecule has 0 bridgehead atoms. The smallest absolute Gasteiger partial charge is 0.356 e. The van der Waals surface area contributed by atoms with Crippen LogP contribution < -0.4 is 10.6 Å². The molecular weight excluding hydrogens is 534 g/mol. The minimum atomic E-state index is -5.23. The van der Waals surface area contributed by atoms with Gasteiger partial charge < -0.3 is 10.6 Å². The Balaban J connectivity index is 0.00000450. The molecule has 2 heterocycles. The van der Waals surface area contributed by atoms with Crippen LogP contribution in [-0.2, 0) is 10.0 Å². The van der Waals surface area contributed by atoms with Gasteiger partial charge in [0.2, 0.25) is 0 Å². The largest absolute Gasteiger partial charge is 0.511 e. The van der Waals surface area contributed by atoms with Crippen molar-refractivity contribution in [3.8, 4) is 0 Å². The van der Waals surface area contributed by atoms with Crippen molar-refractivity contribution in [2.24, 2.45) is 10.9 Å². The number of rotatable bonds is 6. The van der Waals surface area contributed by atoms with Crippen molar-refractivity contribution in [3.05, 3.63) is 12.2 Å². The molecule has 0 radical (unpaired) electrons. The molecule has 2 aliphatic heterocycles. The van der Waals surface area contributed by atoms with E-state index in [1.165, 1.54) is 0 Å². The molecular formula is C18H33F3IN5O2S. The third-order valence-electron chi connectivity index (χ3n) is 5.41. The van der Waals surface area contributed by atoms with Gasteiger partial charge in [-0.3, -0.25) is 9.89 Å². The molecule has 0 aliphatic carbocycles. The maximum absolute atomic E-state index is 12.7. The topological polar surface area (TPSA) is 77.0 Å². The van der Waals surface area contributed by atoms with E-state index in [0.717, 1.165) is 38.0 Å². The van der Waals surface area contributed by atoms with Crippen molar-refractivity contribution in [1.82, 2.24) is 19.8 Å². The van der Waals surface area contributed by atoms with E-state index >= 15 is 0 Å². The number of hydrogen-bond donors (Lipinski definition) is 2. The predicted molar refractivity (Wildman–Crippen MR) is 123 cm³/mol. The number of piperidine rings is 2. The van der Waals surface area contributed by atoms with Gasteiger partial charge in [0, 0.05) is 52.4 Å². The molecule has 2 saturated heterocycles. The second-order valence-electron chi connectivity index (χ2n) is 7.90. The van der Waals surface area contributed by atoms with Crippen LogP contribution in [0.25, 0.3) is 0 Å². The minimum Gasteiger partial charge on any atom is -0.356 e. The summed E-state index contributed by atoms with van der Waals surface area (Å²) in [6.07, 6.45) is 2.78. The fourth-order valence-electron chi connectivity index (χ4n) is 3.75. The number of likely N-dealkylation sites (tertiary alicyclic amines) is 1. The van der Waals surface area contributed by atoms with Crippen molar-refractivity contribution in [2.75, 3.05) is 46.3 Å². The van der Waals surface area contributed by atoms with Gasteiger partial charge in [-0.2, -0.15) is 17.5 Å². The number of nitrogens with one attached hydrogen (secondary N) is 2. The summed E-state index contributed by atoms with van der Waals surface area (Å²) in [4.78, 5) is 6.61. The minimum absolute atomic E-state index is 0. The second-order valence-corrected chi connectivity index (χ2v) is 9.83. The lowest BCUT2D eigenvalue weighted by atomic mass is 9.98. The number of nitrogens with zero attached hydrogens (tertiary/aromatic N) is 3. The van der Waals surface area contributed by atoms with E-state index in [2.05, 4.69) is 27.1 Å². The molecule has 176 valence electrons. The molecule has 0 atom stereocenters. The Labute approximate surface area is 194 Å². The van der Waals surface area contributed by atoms with Crippen LogP contribution in [0, 0.1) is 5.92 Å². The number of sulfonamides is 1. The first kappa shape index (κ1) is 27.4. The first-order chi connectivity index (χ1) is 13.5. The molecule has 30 heavy (non-hydrogen) atoms. The molecule has 0 aromatic heterocycles. The van der Waals surface area contributed by atoms with Gasteiger partial charge in [0.05, 0.1) is 0 Å². The zero-order chi connectivity index (χ0) is 21.7. The standard InChI is InChI=1S/C18H32F3N5O2S.HI/c1-14(2)13-25-8-6-16(7-9-25)24-17(22-3)23-12-15-4-10-26(11-5-15)29(27,28)18(19,20)21;/h15-16H,1,4-13H2,2-3H3,(H2,22,23,24);1H. The second kappa shape index (κ2) is 11.9. The van der Waals surface area contributed by atoms with Crippen LogP contribution in [0.2, 0.25) is 0 Å².